The highest BCUT2D eigenvalue weighted by Crippen LogP contribution is 2.30. The van der Waals surface area contributed by atoms with E-state index in [4.69, 9.17) is 23.2 Å². The van der Waals surface area contributed by atoms with Crippen molar-refractivity contribution in [1.82, 2.24) is 9.78 Å². The van der Waals surface area contributed by atoms with Gasteiger partial charge < -0.3 is 0 Å². The van der Waals surface area contributed by atoms with Gasteiger partial charge in [-0.1, -0.05) is 29.3 Å². The van der Waals surface area contributed by atoms with Crippen LogP contribution >= 0.6 is 23.2 Å². The van der Waals surface area contributed by atoms with Gasteiger partial charge in [-0.25, -0.2) is 4.68 Å². The van der Waals surface area contributed by atoms with E-state index in [-0.39, 0.29) is 5.69 Å². The van der Waals surface area contributed by atoms with Gasteiger partial charge in [0.25, 0.3) is 5.69 Å². The third-order valence-corrected chi connectivity index (χ3v) is 4.45. The quantitative estimate of drug-likeness (QED) is 0.306. The minimum atomic E-state index is -0.474. The number of benzene rings is 2. The molecule has 0 N–H and O–H groups in total. The lowest BCUT2D eigenvalue weighted by atomic mass is 10.3. The van der Waals surface area contributed by atoms with Crippen LogP contribution in [0, 0.1) is 24.0 Å². The van der Waals surface area contributed by atoms with Crippen molar-refractivity contribution in [2.75, 3.05) is 0 Å². The van der Waals surface area contributed by atoms with Crippen molar-refractivity contribution in [1.29, 1.82) is 0 Å². The fourth-order valence-corrected chi connectivity index (χ4v) is 2.72. The topological polar surface area (TPSA) is 85.7 Å². The van der Waals surface area contributed by atoms with E-state index in [0.29, 0.717) is 27.1 Å². The molecule has 0 radical (unpaired) electrons. The van der Waals surface area contributed by atoms with Gasteiger partial charge in [-0.3, -0.25) is 10.1 Å². The monoisotopic (exact) mass is 389 g/mol. The molecule has 0 fully saturated rings. The number of hydrogen-bond acceptors (Lipinski definition) is 5. The molecule has 0 spiro atoms. The lowest BCUT2D eigenvalue weighted by molar-refractivity contribution is -0.384. The van der Waals surface area contributed by atoms with E-state index < -0.39 is 4.92 Å². The van der Waals surface area contributed by atoms with Crippen LogP contribution in [0.15, 0.2) is 52.7 Å². The number of azo groups is 1. The molecule has 0 atom stereocenters. The molecule has 0 saturated carbocycles. The molecular formula is C17H13Cl2N5O2. The second-order valence-corrected chi connectivity index (χ2v) is 6.32. The van der Waals surface area contributed by atoms with E-state index in [1.807, 2.05) is 13.8 Å². The molecule has 132 valence electrons. The van der Waals surface area contributed by atoms with Crippen LogP contribution in [0.2, 0.25) is 10.0 Å². The standard InChI is InChI=1S/C17H13Cl2N5O2/c1-10-17(21-20-12-4-3-5-14(8-12)24(25)26)11(2)23(22-10)13-6-7-15(18)16(19)9-13/h3-9H,1-2H3. The summed E-state index contributed by atoms with van der Waals surface area (Å²) in [6.07, 6.45) is 0. The number of nitro benzene ring substituents is 1. The minimum Gasteiger partial charge on any atom is -0.258 e. The average Bonchev–Trinajstić information content (AvgIpc) is 2.90. The summed E-state index contributed by atoms with van der Waals surface area (Å²) in [5.41, 5.74) is 3.11. The Morgan fingerprint density at radius 2 is 1.85 bits per heavy atom. The second-order valence-electron chi connectivity index (χ2n) is 5.51. The van der Waals surface area contributed by atoms with Gasteiger partial charge in [-0.2, -0.15) is 10.2 Å². The summed E-state index contributed by atoms with van der Waals surface area (Å²) in [7, 11) is 0. The van der Waals surface area contributed by atoms with Gasteiger partial charge in [-0.05, 0) is 38.1 Å². The van der Waals surface area contributed by atoms with E-state index in [1.54, 1.807) is 35.0 Å². The highest BCUT2D eigenvalue weighted by molar-refractivity contribution is 6.42. The maximum atomic E-state index is 10.8. The molecule has 1 heterocycles. The number of non-ortho nitro benzene ring substituents is 1. The summed E-state index contributed by atoms with van der Waals surface area (Å²) < 4.78 is 1.69. The molecule has 0 aliphatic heterocycles. The number of nitrogens with zero attached hydrogens (tertiary/aromatic N) is 5. The summed E-state index contributed by atoms with van der Waals surface area (Å²) in [6.45, 7) is 3.66. The first-order valence-corrected chi connectivity index (χ1v) is 8.30. The first-order chi connectivity index (χ1) is 12.4. The van der Waals surface area contributed by atoms with Crippen molar-refractivity contribution in [2.24, 2.45) is 10.2 Å². The van der Waals surface area contributed by atoms with Gasteiger partial charge in [0.15, 0.2) is 0 Å². The van der Waals surface area contributed by atoms with Crippen LogP contribution in [0.3, 0.4) is 0 Å². The number of nitro groups is 1. The van der Waals surface area contributed by atoms with Crippen LogP contribution in [0.1, 0.15) is 11.4 Å². The summed E-state index contributed by atoms with van der Waals surface area (Å²) in [6, 6.07) is 11.2. The molecule has 0 aliphatic rings. The second kappa shape index (κ2) is 7.23. The van der Waals surface area contributed by atoms with Crippen molar-refractivity contribution >= 4 is 40.3 Å². The Hall–Kier alpha value is -2.77. The Morgan fingerprint density at radius 1 is 1.08 bits per heavy atom. The van der Waals surface area contributed by atoms with Gasteiger partial charge >= 0.3 is 0 Å². The van der Waals surface area contributed by atoms with E-state index >= 15 is 0 Å². The zero-order chi connectivity index (χ0) is 18.8. The van der Waals surface area contributed by atoms with Crippen LogP contribution < -0.4 is 0 Å². The number of halogens is 2. The number of hydrogen-bond donors (Lipinski definition) is 0. The van der Waals surface area contributed by atoms with Crippen molar-refractivity contribution in [3.8, 4) is 5.69 Å². The summed E-state index contributed by atoms with van der Waals surface area (Å²) >= 11 is 12.0. The highest BCUT2D eigenvalue weighted by atomic mass is 35.5. The largest absolute Gasteiger partial charge is 0.271 e. The van der Waals surface area contributed by atoms with Crippen LogP contribution in [-0.4, -0.2) is 14.7 Å². The van der Waals surface area contributed by atoms with Gasteiger partial charge in [0.05, 0.1) is 37.7 Å². The molecule has 1 aromatic heterocycles. The fourth-order valence-electron chi connectivity index (χ4n) is 2.42. The molecule has 26 heavy (non-hydrogen) atoms. The molecule has 9 heteroatoms. The molecule has 7 nitrogen and oxygen atoms in total. The SMILES string of the molecule is Cc1nn(-c2ccc(Cl)c(Cl)c2)c(C)c1N=Nc1cccc([N+](=O)[O-])c1. The summed E-state index contributed by atoms with van der Waals surface area (Å²) in [5.74, 6) is 0. The van der Waals surface area contributed by atoms with Crippen LogP contribution in [0.4, 0.5) is 17.1 Å². The van der Waals surface area contributed by atoms with Crippen molar-refractivity contribution in [3.63, 3.8) is 0 Å². The Balaban J connectivity index is 1.97. The smallest absolute Gasteiger partial charge is 0.258 e. The van der Waals surface area contributed by atoms with Gasteiger partial charge in [0.2, 0.25) is 0 Å². The molecular weight excluding hydrogens is 377 g/mol. The normalized spacial score (nSPS) is 11.2. The van der Waals surface area contributed by atoms with Gasteiger partial charge in [0.1, 0.15) is 5.69 Å². The number of aryl methyl sites for hydroxylation is 1. The van der Waals surface area contributed by atoms with Crippen LogP contribution in [-0.2, 0) is 0 Å². The fraction of sp³-hybridized carbons (Fsp3) is 0.118. The molecule has 0 bridgehead atoms. The Kier molecular flexibility index (Phi) is 5.01. The third kappa shape index (κ3) is 3.58. The van der Waals surface area contributed by atoms with Crippen LogP contribution in [0.5, 0.6) is 0 Å². The molecule has 2 aromatic carbocycles. The minimum absolute atomic E-state index is 0.0404. The van der Waals surface area contributed by atoms with E-state index in [1.165, 1.54) is 12.1 Å². The van der Waals surface area contributed by atoms with Crippen molar-refractivity contribution < 1.29 is 4.92 Å². The lowest BCUT2D eigenvalue weighted by Gasteiger charge is -2.05. The maximum Gasteiger partial charge on any atom is 0.271 e. The van der Waals surface area contributed by atoms with E-state index in [2.05, 4.69) is 15.3 Å². The Labute approximate surface area is 159 Å². The predicted molar refractivity (Wildman–Crippen MR) is 100 cm³/mol. The third-order valence-electron chi connectivity index (χ3n) is 3.71. The zero-order valence-corrected chi connectivity index (χ0v) is 15.4. The number of rotatable bonds is 4. The first-order valence-electron chi connectivity index (χ1n) is 7.54. The van der Waals surface area contributed by atoms with Gasteiger partial charge in [0, 0.05) is 12.1 Å². The molecule has 3 aromatic rings. The van der Waals surface area contributed by atoms with Gasteiger partial charge in [-0.15, -0.1) is 5.11 Å². The zero-order valence-electron chi connectivity index (χ0n) is 13.8. The number of aromatic nitrogens is 2. The van der Waals surface area contributed by atoms with Crippen molar-refractivity contribution in [3.05, 3.63) is 74.0 Å². The lowest BCUT2D eigenvalue weighted by Crippen LogP contribution is -1.98. The Bertz CT molecular complexity index is 1030. The Morgan fingerprint density at radius 3 is 2.54 bits per heavy atom. The maximum absolute atomic E-state index is 10.8. The van der Waals surface area contributed by atoms with Crippen LogP contribution in [0.25, 0.3) is 5.69 Å². The molecule has 0 saturated heterocycles. The predicted octanol–water partition coefficient (Wildman–Crippen LogP) is 6.12. The average molecular weight is 390 g/mol. The first kappa shape index (κ1) is 18.0. The van der Waals surface area contributed by atoms with E-state index in [0.717, 1.165) is 11.4 Å². The molecule has 0 aliphatic carbocycles. The molecule has 0 amide bonds. The molecule has 3 rings (SSSR count). The summed E-state index contributed by atoms with van der Waals surface area (Å²) in [5, 5.41) is 24.5. The van der Waals surface area contributed by atoms with Crippen molar-refractivity contribution in [2.45, 2.75) is 13.8 Å². The molecule has 0 unspecified atom stereocenters. The summed E-state index contributed by atoms with van der Waals surface area (Å²) in [4.78, 5) is 10.4. The highest BCUT2D eigenvalue weighted by Gasteiger charge is 2.14. The van der Waals surface area contributed by atoms with E-state index in [9.17, 15) is 10.1 Å².